The summed E-state index contributed by atoms with van der Waals surface area (Å²) in [6, 6.07) is 6.42. The van der Waals surface area contributed by atoms with Gasteiger partial charge in [0.1, 0.15) is 0 Å². The molecule has 1 aliphatic heterocycles. The highest BCUT2D eigenvalue weighted by atomic mass is 15.1. The van der Waals surface area contributed by atoms with Crippen LogP contribution in [0.25, 0.3) is 0 Å². The van der Waals surface area contributed by atoms with Gasteiger partial charge in [0.2, 0.25) is 0 Å². The van der Waals surface area contributed by atoms with Crippen molar-refractivity contribution in [2.75, 3.05) is 20.1 Å². The van der Waals surface area contributed by atoms with E-state index in [4.69, 9.17) is 5.73 Å². The van der Waals surface area contributed by atoms with Crippen LogP contribution in [-0.2, 0) is 6.42 Å². The molecule has 0 aromatic carbocycles. The first-order valence-corrected chi connectivity index (χ1v) is 5.60. The van der Waals surface area contributed by atoms with Crippen LogP contribution >= 0.6 is 0 Å². The number of piperidine rings is 1. The maximum Gasteiger partial charge on any atom is 0.0407 e. The third-order valence-electron chi connectivity index (χ3n) is 3.19. The lowest BCUT2D eigenvalue weighted by Crippen LogP contribution is -2.46. The zero-order valence-electron chi connectivity index (χ0n) is 9.26. The number of pyridine rings is 1. The van der Waals surface area contributed by atoms with Crippen molar-refractivity contribution in [2.45, 2.75) is 18.9 Å². The average Bonchev–Trinajstić information content (AvgIpc) is 2.25. The van der Waals surface area contributed by atoms with E-state index in [1.165, 1.54) is 0 Å². The minimum absolute atomic E-state index is 0.336. The lowest BCUT2D eigenvalue weighted by Gasteiger charge is -2.34. The summed E-state index contributed by atoms with van der Waals surface area (Å²) in [6.07, 6.45) is 3.97. The molecule has 3 nitrogen and oxygen atoms in total. The van der Waals surface area contributed by atoms with Gasteiger partial charge in [0, 0.05) is 24.5 Å². The molecule has 2 heterocycles. The van der Waals surface area contributed by atoms with Gasteiger partial charge < -0.3 is 10.6 Å². The molecule has 0 aliphatic carbocycles. The molecule has 1 aliphatic rings. The minimum Gasteiger partial charge on any atom is -0.327 e. The quantitative estimate of drug-likeness (QED) is 0.780. The Labute approximate surface area is 91.3 Å². The van der Waals surface area contributed by atoms with Crippen LogP contribution in [0.3, 0.4) is 0 Å². The largest absolute Gasteiger partial charge is 0.327 e. The van der Waals surface area contributed by atoms with E-state index in [1.54, 1.807) is 0 Å². The van der Waals surface area contributed by atoms with E-state index in [0.717, 1.165) is 31.6 Å². The topological polar surface area (TPSA) is 42.1 Å². The van der Waals surface area contributed by atoms with Crippen molar-refractivity contribution in [2.24, 2.45) is 11.7 Å². The Morgan fingerprint density at radius 3 is 3.13 bits per heavy atom. The maximum absolute atomic E-state index is 6.13. The first-order valence-electron chi connectivity index (χ1n) is 5.60. The summed E-state index contributed by atoms with van der Waals surface area (Å²) in [5, 5.41) is 0. The molecule has 82 valence electrons. The number of rotatable bonds is 2. The van der Waals surface area contributed by atoms with Crippen LogP contribution < -0.4 is 5.73 Å². The van der Waals surface area contributed by atoms with E-state index in [9.17, 15) is 0 Å². The number of hydrogen-bond donors (Lipinski definition) is 1. The van der Waals surface area contributed by atoms with E-state index in [0.29, 0.717) is 12.0 Å². The number of nitrogens with zero attached hydrogens (tertiary/aromatic N) is 2. The molecular formula is C12H19N3. The predicted molar refractivity (Wildman–Crippen MR) is 61.5 cm³/mol. The van der Waals surface area contributed by atoms with Crippen LogP contribution in [-0.4, -0.2) is 36.1 Å². The number of aromatic nitrogens is 1. The zero-order chi connectivity index (χ0) is 10.7. The van der Waals surface area contributed by atoms with Crippen molar-refractivity contribution in [3.05, 3.63) is 30.1 Å². The van der Waals surface area contributed by atoms with Gasteiger partial charge in [-0.2, -0.15) is 0 Å². The van der Waals surface area contributed by atoms with Crippen molar-refractivity contribution in [1.82, 2.24) is 9.88 Å². The van der Waals surface area contributed by atoms with Crippen LogP contribution in [0.2, 0.25) is 0 Å². The molecule has 0 radical (unpaired) electrons. The molecule has 3 heteroatoms. The lowest BCUT2D eigenvalue weighted by atomic mass is 9.89. The van der Waals surface area contributed by atoms with Crippen LogP contribution in [0.1, 0.15) is 12.1 Å². The van der Waals surface area contributed by atoms with Gasteiger partial charge in [-0.1, -0.05) is 6.07 Å². The zero-order valence-corrected chi connectivity index (χ0v) is 9.26. The van der Waals surface area contributed by atoms with Crippen molar-refractivity contribution >= 4 is 0 Å². The number of likely N-dealkylation sites (tertiary alicyclic amines) is 1. The molecule has 0 saturated carbocycles. The van der Waals surface area contributed by atoms with Gasteiger partial charge in [-0.3, -0.25) is 4.98 Å². The Hall–Kier alpha value is -0.930. The third kappa shape index (κ3) is 2.76. The highest BCUT2D eigenvalue weighted by Gasteiger charge is 2.24. The summed E-state index contributed by atoms with van der Waals surface area (Å²) in [6.45, 7) is 2.22. The Kier molecular flexibility index (Phi) is 3.34. The van der Waals surface area contributed by atoms with E-state index < -0.39 is 0 Å². The SMILES string of the molecule is CN1CC[C@@H](N)[C@H](Cc2ccccn2)C1. The maximum atomic E-state index is 6.13. The molecule has 0 bridgehead atoms. The Morgan fingerprint density at radius 1 is 1.53 bits per heavy atom. The molecule has 1 aromatic heterocycles. The second kappa shape index (κ2) is 4.73. The van der Waals surface area contributed by atoms with E-state index in [-0.39, 0.29) is 0 Å². The smallest absolute Gasteiger partial charge is 0.0407 e. The minimum atomic E-state index is 0.336. The van der Waals surface area contributed by atoms with E-state index in [2.05, 4.69) is 23.0 Å². The molecule has 0 unspecified atom stereocenters. The first-order chi connectivity index (χ1) is 7.25. The molecule has 1 fully saturated rings. The second-order valence-corrected chi connectivity index (χ2v) is 4.50. The number of nitrogens with two attached hydrogens (primary N) is 1. The fourth-order valence-corrected chi connectivity index (χ4v) is 2.24. The molecule has 2 N–H and O–H groups in total. The Bertz CT molecular complexity index is 299. The van der Waals surface area contributed by atoms with Gasteiger partial charge in [-0.05, 0) is 44.5 Å². The lowest BCUT2D eigenvalue weighted by molar-refractivity contribution is 0.184. The summed E-state index contributed by atoms with van der Waals surface area (Å²) in [7, 11) is 2.16. The molecule has 0 amide bonds. The van der Waals surface area contributed by atoms with Crippen molar-refractivity contribution in [3.63, 3.8) is 0 Å². The van der Waals surface area contributed by atoms with Gasteiger partial charge in [0.15, 0.2) is 0 Å². The number of hydrogen-bond acceptors (Lipinski definition) is 3. The summed E-state index contributed by atoms with van der Waals surface area (Å²) in [5.41, 5.74) is 7.30. The standard InChI is InChI=1S/C12H19N3/c1-15-7-5-12(13)10(9-15)8-11-4-2-3-6-14-11/h2-4,6,10,12H,5,7-9,13H2,1H3/t10-,12-/m1/s1. The van der Waals surface area contributed by atoms with Crippen LogP contribution in [0, 0.1) is 5.92 Å². The molecule has 2 rings (SSSR count). The molecule has 1 aromatic rings. The molecule has 1 saturated heterocycles. The van der Waals surface area contributed by atoms with Gasteiger partial charge in [-0.15, -0.1) is 0 Å². The Morgan fingerprint density at radius 2 is 2.40 bits per heavy atom. The van der Waals surface area contributed by atoms with Gasteiger partial charge in [0.05, 0.1) is 0 Å². The average molecular weight is 205 g/mol. The third-order valence-corrected chi connectivity index (χ3v) is 3.19. The highest BCUT2D eigenvalue weighted by Crippen LogP contribution is 2.18. The van der Waals surface area contributed by atoms with E-state index in [1.807, 2.05) is 18.3 Å². The van der Waals surface area contributed by atoms with Crippen molar-refractivity contribution in [1.29, 1.82) is 0 Å². The predicted octanol–water partition coefficient (Wildman–Crippen LogP) is 0.903. The Balaban J connectivity index is 1.98. The van der Waals surface area contributed by atoms with E-state index >= 15 is 0 Å². The van der Waals surface area contributed by atoms with Crippen molar-refractivity contribution in [3.8, 4) is 0 Å². The monoisotopic (exact) mass is 205 g/mol. The van der Waals surface area contributed by atoms with Gasteiger partial charge in [-0.25, -0.2) is 0 Å². The molecular weight excluding hydrogens is 186 g/mol. The van der Waals surface area contributed by atoms with Crippen LogP contribution in [0.4, 0.5) is 0 Å². The van der Waals surface area contributed by atoms with Crippen molar-refractivity contribution < 1.29 is 0 Å². The normalized spacial score (nSPS) is 27.9. The second-order valence-electron chi connectivity index (χ2n) is 4.50. The summed E-state index contributed by atoms with van der Waals surface area (Å²) < 4.78 is 0. The summed E-state index contributed by atoms with van der Waals surface area (Å²) in [4.78, 5) is 6.72. The fraction of sp³-hybridized carbons (Fsp3) is 0.583. The fourth-order valence-electron chi connectivity index (χ4n) is 2.24. The summed E-state index contributed by atoms with van der Waals surface area (Å²) >= 11 is 0. The van der Waals surface area contributed by atoms with Crippen LogP contribution in [0.5, 0.6) is 0 Å². The highest BCUT2D eigenvalue weighted by molar-refractivity contribution is 5.05. The summed E-state index contributed by atoms with van der Waals surface area (Å²) in [5.74, 6) is 0.554. The molecule has 15 heavy (non-hydrogen) atoms. The van der Waals surface area contributed by atoms with Crippen LogP contribution in [0.15, 0.2) is 24.4 Å². The molecule has 2 atom stereocenters. The van der Waals surface area contributed by atoms with Gasteiger partial charge in [0.25, 0.3) is 0 Å². The van der Waals surface area contributed by atoms with Gasteiger partial charge >= 0.3 is 0 Å². The first kappa shape index (κ1) is 10.6. The molecule has 0 spiro atoms.